The number of thioether (sulfide) groups is 1. The average Bonchev–Trinajstić information content (AvgIpc) is 2.50. The van der Waals surface area contributed by atoms with E-state index in [0.29, 0.717) is 17.4 Å². The average molecular weight is 365 g/mol. The summed E-state index contributed by atoms with van der Waals surface area (Å²) < 4.78 is 0. The van der Waals surface area contributed by atoms with Gasteiger partial charge < -0.3 is 11.1 Å². The molecular weight excluding hydrogens is 340 g/mol. The van der Waals surface area contributed by atoms with Crippen LogP contribution in [0.4, 0.5) is 11.4 Å². The maximum Gasteiger partial charge on any atom is 0.228 e. The molecule has 0 spiro atoms. The van der Waals surface area contributed by atoms with Crippen molar-refractivity contribution in [1.82, 2.24) is 0 Å². The SMILES string of the molecule is Cc1c(CSC(C)C)cccc1NC(=O)Cc1ccc(N)cc1.Cl. The first kappa shape index (κ1) is 20.4. The highest BCUT2D eigenvalue weighted by Gasteiger charge is 2.09. The lowest BCUT2D eigenvalue weighted by molar-refractivity contribution is -0.115. The first-order chi connectivity index (χ1) is 11.0. The number of carbonyl (C=O) groups is 1. The number of nitrogen functional groups attached to an aromatic ring is 1. The Hall–Kier alpha value is -1.65. The van der Waals surface area contributed by atoms with Crippen molar-refractivity contribution in [2.45, 2.75) is 38.2 Å². The maximum atomic E-state index is 12.2. The van der Waals surface area contributed by atoms with Crippen molar-refractivity contribution < 1.29 is 4.79 Å². The molecular formula is C19H25ClN2OS. The van der Waals surface area contributed by atoms with E-state index in [0.717, 1.165) is 22.6 Å². The van der Waals surface area contributed by atoms with Crippen LogP contribution in [0.15, 0.2) is 42.5 Å². The van der Waals surface area contributed by atoms with Crippen LogP contribution in [0, 0.1) is 6.92 Å². The molecule has 0 aliphatic carbocycles. The lowest BCUT2D eigenvalue weighted by atomic mass is 10.1. The van der Waals surface area contributed by atoms with E-state index in [9.17, 15) is 4.79 Å². The van der Waals surface area contributed by atoms with E-state index in [2.05, 4.69) is 32.2 Å². The van der Waals surface area contributed by atoms with Gasteiger partial charge in [0.15, 0.2) is 0 Å². The third-order valence-corrected chi connectivity index (χ3v) is 4.78. The van der Waals surface area contributed by atoms with Crippen molar-refractivity contribution in [2.75, 3.05) is 11.1 Å². The molecule has 0 radical (unpaired) electrons. The summed E-state index contributed by atoms with van der Waals surface area (Å²) in [7, 11) is 0. The predicted molar refractivity (Wildman–Crippen MR) is 108 cm³/mol. The zero-order valence-corrected chi connectivity index (χ0v) is 16.0. The molecule has 0 saturated heterocycles. The number of rotatable bonds is 6. The lowest BCUT2D eigenvalue weighted by Crippen LogP contribution is -2.15. The molecule has 0 atom stereocenters. The van der Waals surface area contributed by atoms with Crippen LogP contribution < -0.4 is 11.1 Å². The Morgan fingerprint density at radius 1 is 1.17 bits per heavy atom. The smallest absolute Gasteiger partial charge is 0.228 e. The van der Waals surface area contributed by atoms with Gasteiger partial charge in [-0.3, -0.25) is 4.79 Å². The number of nitrogens with two attached hydrogens (primary N) is 1. The Bertz CT molecular complexity index is 672. The number of hydrogen-bond acceptors (Lipinski definition) is 3. The molecule has 130 valence electrons. The monoisotopic (exact) mass is 364 g/mol. The van der Waals surface area contributed by atoms with E-state index in [4.69, 9.17) is 5.73 Å². The lowest BCUT2D eigenvalue weighted by Gasteiger charge is -2.13. The molecule has 0 aliphatic rings. The quantitative estimate of drug-likeness (QED) is 0.722. The molecule has 0 aliphatic heterocycles. The number of nitrogens with one attached hydrogen (secondary N) is 1. The van der Waals surface area contributed by atoms with Gasteiger partial charge in [0.2, 0.25) is 5.91 Å². The van der Waals surface area contributed by atoms with E-state index in [-0.39, 0.29) is 18.3 Å². The molecule has 5 heteroatoms. The highest BCUT2D eigenvalue weighted by molar-refractivity contribution is 7.99. The Balaban J connectivity index is 0.00000288. The topological polar surface area (TPSA) is 55.1 Å². The molecule has 0 saturated carbocycles. The van der Waals surface area contributed by atoms with Gasteiger partial charge in [-0.1, -0.05) is 38.1 Å². The van der Waals surface area contributed by atoms with Crippen LogP contribution in [0.2, 0.25) is 0 Å². The van der Waals surface area contributed by atoms with Crippen LogP contribution >= 0.6 is 24.2 Å². The standard InChI is InChI=1S/C19H24N2OS.ClH/c1-13(2)23-12-16-5-4-6-18(14(16)3)21-19(22)11-15-7-9-17(20)10-8-15;/h4-10,13H,11-12,20H2,1-3H3,(H,21,22);1H. The van der Waals surface area contributed by atoms with Crippen molar-refractivity contribution in [3.05, 3.63) is 59.2 Å². The van der Waals surface area contributed by atoms with Crippen LogP contribution in [0.3, 0.4) is 0 Å². The van der Waals surface area contributed by atoms with Gasteiger partial charge >= 0.3 is 0 Å². The second kappa shape index (κ2) is 9.60. The zero-order valence-electron chi connectivity index (χ0n) is 14.3. The van der Waals surface area contributed by atoms with Crippen molar-refractivity contribution in [1.29, 1.82) is 0 Å². The van der Waals surface area contributed by atoms with E-state index in [1.54, 1.807) is 0 Å². The number of amides is 1. The van der Waals surface area contributed by atoms with Gasteiger partial charge in [0, 0.05) is 17.1 Å². The van der Waals surface area contributed by atoms with Gasteiger partial charge in [0.1, 0.15) is 0 Å². The third kappa shape index (κ3) is 6.10. The molecule has 1 amide bonds. The summed E-state index contributed by atoms with van der Waals surface area (Å²) in [6.07, 6.45) is 0.352. The molecule has 2 aromatic rings. The van der Waals surface area contributed by atoms with Crippen molar-refractivity contribution in [3.8, 4) is 0 Å². The number of carbonyl (C=O) groups excluding carboxylic acids is 1. The van der Waals surface area contributed by atoms with Gasteiger partial charge in [-0.05, 0) is 47.1 Å². The molecule has 0 heterocycles. The van der Waals surface area contributed by atoms with Crippen molar-refractivity contribution in [2.24, 2.45) is 0 Å². The maximum absolute atomic E-state index is 12.2. The summed E-state index contributed by atoms with van der Waals surface area (Å²) >= 11 is 1.91. The van der Waals surface area contributed by atoms with E-state index < -0.39 is 0 Å². The van der Waals surface area contributed by atoms with Crippen molar-refractivity contribution in [3.63, 3.8) is 0 Å². The molecule has 0 fully saturated rings. The summed E-state index contributed by atoms with van der Waals surface area (Å²) in [6, 6.07) is 13.5. The number of halogens is 1. The fourth-order valence-corrected chi connectivity index (χ4v) is 3.07. The minimum Gasteiger partial charge on any atom is -0.399 e. The zero-order chi connectivity index (χ0) is 16.8. The summed E-state index contributed by atoms with van der Waals surface area (Å²) in [5.41, 5.74) is 10.6. The fraction of sp³-hybridized carbons (Fsp3) is 0.316. The minimum atomic E-state index is -0.00784. The van der Waals surface area contributed by atoms with Gasteiger partial charge in [-0.15, -0.1) is 12.4 Å². The largest absolute Gasteiger partial charge is 0.399 e. The molecule has 2 rings (SSSR count). The summed E-state index contributed by atoms with van der Waals surface area (Å²) in [5, 5.41) is 3.62. The van der Waals surface area contributed by atoms with E-state index in [1.807, 2.05) is 48.2 Å². The van der Waals surface area contributed by atoms with Gasteiger partial charge in [0.25, 0.3) is 0 Å². The second-order valence-corrected chi connectivity index (χ2v) is 7.48. The number of anilines is 2. The normalized spacial score (nSPS) is 10.3. The summed E-state index contributed by atoms with van der Waals surface area (Å²) in [4.78, 5) is 12.2. The third-order valence-electron chi connectivity index (χ3n) is 3.64. The molecule has 2 aromatic carbocycles. The van der Waals surface area contributed by atoms with Gasteiger partial charge in [-0.25, -0.2) is 0 Å². The van der Waals surface area contributed by atoms with Gasteiger partial charge in [-0.2, -0.15) is 11.8 Å². The highest BCUT2D eigenvalue weighted by Crippen LogP contribution is 2.25. The molecule has 24 heavy (non-hydrogen) atoms. The first-order valence-corrected chi connectivity index (χ1v) is 8.85. The molecule has 0 aromatic heterocycles. The number of benzene rings is 2. The Morgan fingerprint density at radius 3 is 2.46 bits per heavy atom. The van der Waals surface area contributed by atoms with Crippen LogP contribution in [-0.4, -0.2) is 11.2 Å². The summed E-state index contributed by atoms with van der Waals surface area (Å²) in [5.74, 6) is 0.956. The van der Waals surface area contributed by atoms with Crippen LogP contribution in [0.1, 0.15) is 30.5 Å². The Labute approximate surface area is 154 Å². The second-order valence-electron chi connectivity index (χ2n) is 5.92. The molecule has 0 bridgehead atoms. The van der Waals surface area contributed by atoms with Crippen molar-refractivity contribution >= 4 is 41.5 Å². The van der Waals surface area contributed by atoms with E-state index >= 15 is 0 Å². The Morgan fingerprint density at radius 2 is 1.83 bits per heavy atom. The van der Waals surface area contributed by atoms with Crippen LogP contribution in [-0.2, 0) is 17.0 Å². The van der Waals surface area contributed by atoms with Crippen LogP contribution in [0.5, 0.6) is 0 Å². The van der Waals surface area contributed by atoms with Gasteiger partial charge in [0.05, 0.1) is 6.42 Å². The molecule has 0 unspecified atom stereocenters. The summed E-state index contributed by atoms with van der Waals surface area (Å²) in [6.45, 7) is 6.45. The minimum absolute atomic E-state index is 0. The van der Waals surface area contributed by atoms with E-state index in [1.165, 1.54) is 5.56 Å². The first-order valence-electron chi connectivity index (χ1n) is 7.80. The van der Waals surface area contributed by atoms with Crippen LogP contribution in [0.25, 0.3) is 0 Å². The molecule has 3 nitrogen and oxygen atoms in total. The molecule has 3 N–H and O–H groups in total. The fourth-order valence-electron chi connectivity index (χ4n) is 2.25. The highest BCUT2D eigenvalue weighted by atomic mass is 35.5. The Kier molecular flexibility index (Phi) is 8.16. The number of hydrogen-bond donors (Lipinski definition) is 2. The predicted octanol–water partition coefficient (Wildman–Crippen LogP) is 4.82.